The fourth-order valence-electron chi connectivity index (χ4n) is 1.41. The molecule has 0 spiro atoms. The zero-order chi connectivity index (χ0) is 16.5. The lowest BCUT2D eigenvalue weighted by molar-refractivity contribution is 0.108. The van der Waals surface area contributed by atoms with Crippen LogP contribution in [0.3, 0.4) is 0 Å². The molecule has 0 saturated carbocycles. The molecule has 1 unspecified atom stereocenters. The van der Waals surface area contributed by atoms with Gasteiger partial charge in [0.25, 0.3) is 0 Å². The van der Waals surface area contributed by atoms with Crippen LogP contribution < -0.4 is 5.73 Å². The Hall–Kier alpha value is -1.34. The number of carbonyl (C=O) groups is 1. The first-order chi connectivity index (χ1) is 10.2. The predicted octanol–water partition coefficient (Wildman–Crippen LogP) is 2.71. The first kappa shape index (κ1) is 17.0. The minimum atomic E-state index is -4.01. The average molecular weight is 382 g/mol. The Morgan fingerprint density at radius 2 is 1.95 bits per heavy atom. The van der Waals surface area contributed by atoms with Crippen molar-refractivity contribution in [3.63, 3.8) is 0 Å². The summed E-state index contributed by atoms with van der Waals surface area (Å²) in [5, 5.41) is -1.23. The van der Waals surface area contributed by atoms with Crippen LogP contribution in [0, 0.1) is 5.95 Å². The third-order valence-corrected chi connectivity index (χ3v) is 6.42. The van der Waals surface area contributed by atoms with E-state index in [1.54, 1.807) is 0 Å². The Kier molecular flexibility index (Phi) is 4.97. The van der Waals surface area contributed by atoms with Gasteiger partial charge in [0.2, 0.25) is 15.4 Å². The highest BCUT2D eigenvalue weighted by Crippen LogP contribution is 2.34. The van der Waals surface area contributed by atoms with Gasteiger partial charge in [-0.15, -0.1) is 0 Å². The molecule has 0 radical (unpaired) electrons. The highest BCUT2D eigenvalue weighted by molar-refractivity contribution is 8.48. The molecule has 0 fully saturated rings. The van der Waals surface area contributed by atoms with Crippen LogP contribution in [-0.2, 0) is 9.46 Å². The minimum absolute atomic E-state index is 0.00264. The zero-order valence-corrected chi connectivity index (χ0v) is 13.9. The second kappa shape index (κ2) is 6.42. The number of hydrogen-bond donors (Lipinski definition) is 1. The smallest absolute Gasteiger partial charge is 0.233 e. The maximum atomic E-state index is 13.1. The molecule has 1 atom stereocenters. The van der Waals surface area contributed by atoms with E-state index in [1.165, 1.54) is 18.2 Å². The number of rotatable bonds is 4. The van der Waals surface area contributed by atoms with Gasteiger partial charge in [-0.3, -0.25) is 4.79 Å². The molecule has 0 aliphatic rings. The number of halogens is 3. The van der Waals surface area contributed by atoms with Crippen LogP contribution in [0.5, 0.6) is 0 Å². The summed E-state index contributed by atoms with van der Waals surface area (Å²) >= 11 is 11.2. The normalized spacial score (nSPS) is 12.0. The van der Waals surface area contributed by atoms with Gasteiger partial charge in [0, 0.05) is 0 Å². The van der Waals surface area contributed by atoms with Crippen molar-refractivity contribution in [2.24, 2.45) is 0 Å². The molecule has 11 heteroatoms. The predicted molar refractivity (Wildman–Crippen MR) is 82.7 cm³/mol. The van der Waals surface area contributed by atoms with Crippen LogP contribution in [0.2, 0.25) is 10.2 Å². The van der Waals surface area contributed by atoms with Gasteiger partial charge in [0.1, 0.15) is 11.0 Å². The summed E-state index contributed by atoms with van der Waals surface area (Å²) < 4.78 is 37.4. The Balaban J connectivity index is 2.34. The number of anilines is 1. The molecule has 2 rings (SSSR count). The number of pyridine rings is 2. The SMILES string of the molecule is Nc1cccc(S(=O)(=O)PC(=O)c2cc(Cl)c(F)nc2Cl)n1. The second-order valence-electron chi connectivity index (χ2n) is 3.93. The van der Waals surface area contributed by atoms with E-state index in [0.717, 1.165) is 6.07 Å². The van der Waals surface area contributed by atoms with Gasteiger partial charge in [0.15, 0.2) is 10.6 Å². The van der Waals surface area contributed by atoms with Crippen LogP contribution >= 0.6 is 31.0 Å². The third kappa shape index (κ3) is 3.70. The lowest BCUT2D eigenvalue weighted by Gasteiger charge is -2.06. The molecule has 6 nitrogen and oxygen atoms in total. The van der Waals surface area contributed by atoms with Crippen molar-refractivity contribution in [3.8, 4) is 0 Å². The van der Waals surface area contributed by atoms with Crippen molar-refractivity contribution in [2.75, 3.05) is 5.73 Å². The Morgan fingerprint density at radius 3 is 2.59 bits per heavy atom. The molecule has 0 amide bonds. The molecule has 2 N–H and O–H groups in total. The van der Waals surface area contributed by atoms with E-state index >= 15 is 0 Å². The second-order valence-corrected chi connectivity index (χ2v) is 9.01. The average Bonchev–Trinajstić information content (AvgIpc) is 2.42. The summed E-state index contributed by atoms with van der Waals surface area (Å²) in [6.07, 6.45) is 0. The Labute approximate surface area is 136 Å². The van der Waals surface area contributed by atoms with E-state index in [0.29, 0.717) is 0 Å². The van der Waals surface area contributed by atoms with Gasteiger partial charge < -0.3 is 5.73 Å². The number of carbonyl (C=O) groups excluding carboxylic acids is 1. The molecule has 2 heterocycles. The van der Waals surface area contributed by atoms with Gasteiger partial charge >= 0.3 is 0 Å². The highest BCUT2D eigenvalue weighted by atomic mass is 35.5. The van der Waals surface area contributed by atoms with E-state index in [-0.39, 0.29) is 16.4 Å². The lowest BCUT2D eigenvalue weighted by Crippen LogP contribution is -2.05. The van der Waals surface area contributed by atoms with Crippen LogP contribution in [0.4, 0.5) is 10.2 Å². The molecule has 0 aliphatic carbocycles. The van der Waals surface area contributed by atoms with Gasteiger partial charge in [-0.25, -0.2) is 18.4 Å². The monoisotopic (exact) mass is 381 g/mol. The molecule has 0 saturated heterocycles. The maximum absolute atomic E-state index is 13.1. The van der Waals surface area contributed by atoms with Crippen LogP contribution in [-0.4, -0.2) is 23.9 Å². The summed E-state index contributed by atoms with van der Waals surface area (Å²) in [5.74, 6) is -1.05. The fourth-order valence-corrected chi connectivity index (χ4v) is 4.71. The molecule has 2 aromatic heterocycles. The standard InChI is InChI=1S/C11H7Cl2FN3O3PS/c12-6-4-5(9(13)17-10(6)14)11(18)21-22(19,20)8-3-1-2-7(15)16-8/h1-4,21H,(H2,15,16). The van der Waals surface area contributed by atoms with Crippen molar-refractivity contribution in [1.29, 1.82) is 0 Å². The minimum Gasteiger partial charge on any atom is -0.384 e. The largest absolute Gasteiger partial charge is 0.384 e. The molecule has 2 aromatic rings. The van der Waals surface area contributed by atoms with E-state index < -0.39 is 38.9 Å². The summed E-state index contributed by atoms with van der Waals surface area (Å²) in [4.78, 5) is 19.0. The maximum Gasteiger partial charge on any atom is 0.233 e. The molecular formula is C11H7Cl2FN3O3PS. The fraction of sp³-hybridized carbons (Fsp3) is 0. The molecule has 116 valence electrons. The van der Waals surface area contributed by atoms with E-state index in [9.17, 15) is 17.6 Å². The first-order valence-corrected chi connectivity index (χ1v) is 9.48. The topological polar surface area (TPSA) is 103 Å². The summed E-state index contributed by atoms with van der Waals surface area (Å²) in [7, 11) is -5.22. The lowest BCUT2D eigenvalue weighted by atomic mass is 10.3. The number of nitrogens with zero attached hydrogens (tertiary/aromatic N) is 2. The van der Waals surface area contributed by atoms with Gasteiger partial charge in [0.05, 0.1) is 18.4 Å². The van der Waals surface area contributed by atoms with Crippen LogP contribution in [0.15, 0.2) is 29.3 Å². The van der Waals surface area contributed by atoms with Crippen LogP contribution in [0.25, 0.3) is 0 Å². The third-order valence-electron chi connectivity index (χ3n) is 2.38. The number of nitrogens with two attached hydrogens (primary N) is 1. The van der Waals surface area contributed by atoms with E-state index in [4.69, 9.17) is 28.9 Å². The van der Waals surface area contributed by atoms with E-state index in [1.807, 2.05) is 0 Å². The Bertz CT molecular complexity index is 864. The number of aromatic nitrogens is 2. The number of nitrogen functional groups attached to an aromatic ring is 1. The summed E-state index contributed by atoms with van der Waals surface area (Å²) in [5.41, 5.74) is 4.27. The van der Waals surface area contributed by atoms with Crippen molar-refractivity contribution in [1.82, 2.24) is 9.97 Å². The molecular weight excluding hydrogens is 375 g/mol. The summed E-state index contributed by atoms with van der Waals surface area (Å²) in [6, 6.07) is 4.95. The highest BCUT2D eigenvalue weighted by Gasteiger charge is 2.25. The zero-order valence-electron chi connectivity index (χ0n) is 10.5. The quantitative estimate of drug-likeness (QED) is 0.644. The van der Waals surface area contributed by atoms with Crippen molar-refractivity contribution >= 4 is 51.8 Å². The molecule has 22 heavy (non-hydrogen) atoms. The van der Waals surface area contributed by atoms with Gasteiger partial charge in [-0.1, -0.05) is 29.3 Å². The van der Waals surface area contributed by atoms with Crippen molar-refractivity contribution in [2.45, 2.75) is 5.03 Å². The Morgan fingerprint density at radius 1 is 1.27 bits per heavy atom. The number of hydrogen-bond acceptors (Lipinski definition) is 6. The van der Waals surface area contributed by atoms with E-state index in [2.05, 4.69) is 9.97 Å². The summed E-state index contributed by atoms with van der Waals surface area (Å²) in [6.45, 7) is 0. The molecule has 0 aliphatic heterocycles. The van der Waals surface area contributed by atoms with Crippen molar-refractivity contribution in [3.05, 3.63) is 46.0 Å². The molecule has 0 aromatic carbocycles. The molecule has 0 bridgehead atoms. The first-order valence-electron chi connectivity index (χ1n) is 5.52. The van der Waals surface area contributed by atoms with Crippen molar-refractivity contribution < 1.29 is 17.6 Å². The van der Waals surface area contributed by atoms with Crippen LogP contribution in [0.1, 0.15) is 10.4 Å². The van der Waals surface area contributed by atoms with Gasteiger partial charge in [-0.05, 0) is 18.2 Å². The van der Waals surface area contributed by atoms with Gasteiger partial charge in [-0.2, -0.15) is 4.39 Å².